The first-order chi connectivity index (χ1) is 20.9. The Morgan fingerprint density at radius 3 is 2.09 bits per heavy atom. The first-order valence-electron chi connectivity index (χ1n) is 14.0. The molecule has 0 saturated carbocycles. The number of halogens is 1. The molecule has 5 N–H and O–H groups in total. The first-order valence-corrected chi connectivity index (χ1v) is 14.8. The van der Waals surface area contributed by atoms with Crippen LogP contribution in [-0.4, -0.2) is 75.6 Å². The Morgan fingerprint density at radius 1 is 0.977 bits per heavy atom. The van der Waals surface area contributed by atoms with Crippen LogP contribution < -0.4 is 11.1 Å². The van der Waals surface area contributed by atoms with E-state index in [1.807, 2.05) is 57.4 Å². The monoisotopic (exact) mass is 658 g/mol. The molecule has 0 bridgehead atoms. The van der Waals surface area contributed by atoms with E-state index in [2.05, 4.69) is 49.9 Å². The van der Waals surface area contributed by atoms with Crippen LogP contribution in [0.15, 0.2) is 65.9 Å². The molecule has 0 spiro atoms. The number of nitriles is 2. The molecule has 12 heteroatoms. The predicted molar refractivity (Wildman–Crippen MR) is 174 cm³/mol. The Bertz CT molecular complexity index is 1740. The third-order valence-corrected chi connectivity index (χ3v) is 7.61. The number of anilines is 1. The van der Waals surface area contributed by atoms with Crippen LogP contribution in [0.25, 0.3) is 21.8 Å². The number of fused-ring (bicyclic) bond motifs is 2. The van der Waals surface area contributed by atoms with Crippen LogP contribution in [0.2, 0.25) is 0 Å². The number of nitrogens with zero attached hydrogens (tertiary/aromatic N) is 4. The van der Waals surface area contributed by atoms with E-state index in [4.69, 9.17) is 21.0 Å². The summed E-state index contributed by atoms with van der Waals surface area (Å²) in [5, 5.41) is 23.3. The van der Waals surface area contributed by atoms with Gasteiger partial charge in [-0.3, -0.25) is 4.79 Å². The Morgan fingerprint density at radius 2 is 1.55 bits per heavy atom. The summed E-state index contributed by atoms with van der Waals surface area (Å²) in [5.41, 5.74) is 8.96. The van der Waals surface area contributed by atoms with Gasteiger partial charge in [0.1, 0.15) is 17.7 Å². The molecule has 4 aromatic rings. The van der Waals surface area contributed by atoms with E-state index < -0.39 is 5.60 Å². The maximum atomic E-state index is 11.9. The molecule has 44 heavy (non-hydrogen) atoms. The van der Waals surface area contributed by atoms with Gasteiger partial charge < -0.3 is 35.6 Å². The fourth-order valence-electron chi connectivity index (χ4n) is 4.68. The molecule has 2 aromatic carbocycles. The highest BCUT2D eigenvalue weighted by Crippen LogP contribution is 2.28. The topological polar surface area (TPSA) is 167 Å². The number of rotatable bonds is 3. The van der Waals surface area contributed by atoms with Gasteiger partial charge in [-0.2, -0.15) is 10.5 Å². The molecule has 2 aromatic heterocycles. The number of carbonyl (C=O) groups is 2. The number of hydrogen-bond donors (Lipinski definition) is 4. The number of aromatic amines is 2. The van der Waals surface area contributed by atoms with Crippen LogP contribution in [0.5, 0.6) is 0 Å². The standard InChI is InChI=1S/C17H20N4O2.C9H5BrN2.C6H10N2O/c1-17(2,3)23-16(22)21-9-12(10-21)20-14-5-4-11(8-18)15-13(14)6-7-19-15;10-8-2-1-6(5-11)9-7(8)3-4-12-9;1-2-6(9)8-3-5(7)4-8/h4-7,12,19-20H,9-10H2,1-3H3;1-4,12H;2,5H,1,3-4,7H2. The predicted octanol–water partition coefficient (Wildman–Crippen LogP) is 5.21. The van der Waals surface area contributed by atoms with Crippen LogP contribution >= 0.6 is 15.9 Å². The SMILES string of the molecule is C=CC(=O)N1CC(N)C1.CC(C)(C)OC(=O)N1CC(Nc2ccc(C#N)c3[nH]ccc23)C1.N#Cc1ccc(Br)c2cc[nH]c12. The summed E-state index contributed by atoms with van der Waals surface area (Å²) in [5.74, 6) is -0.0169. The van der Waals surface area contributed by atoms with Crippen molar-refractivity contribution in [1.82, 2.24) is 19.8 Å². The van der Waals surface area contributed by atoms with Crippen LogP contribution in [-0.2, 0) is 9.53 Å². The molecule has 0 aliphatic carbocycles. The van der Waals surface area contributed by atoms with Gasteiger partial charge in [0.15, 0.2) is 0 Å². The van der Waals surface area contributed by atoms with Gasteiger partial charge >= 0.3 is 6.09 Å². The zero-order valence-corrected chi connectivity index (χ0v) is 26.4. The average molecular weight is 660 g/mol. The molecule has 2 fully saturated rings. The number of carbonyl (C=O) groups excluding carboxylic acids is 2. The van der Waals surface area contributed by atoms with Crippen molar-refractivity contribution in [3.05, 3.63) is 77.0 Å². The number of benzene rings is 2. The van der Waals surface area contributed by atoms with Crippen molar-refractivity contribution in [2.75, 3.05) is 31.5 Å². The fraction of sp³-hybridized carbons (Fsp3) is 0.312. The second-order valence-electron chi connectivity index (χ2n) is 11.4. The van der Waals surface area contributed by atoms with Crippen molar-refractivity contribution in [1.29, 1.82) is 10.5 Å². The van der Waals surface area contributed by atoms with E-state index in [-0.39, 0.29) is 24.1 Å². The van der Waals surface area contributed by atoms with Crippen LogP contribution in [0.1, 0.15) is 31.9 Å². The highest BCUT2D eigenvalue weighted by atomic mass is 79.9. The highest BCUT2D eigenvalue weighted by molar-refractivity contribution is 9.10. The molecule has 2 aliphatic heterocycles. The zero-order chi connectivity index (χ0) is 32.0. The maximum absolute atomic E-state index is 11.9. The number of aromatic nitrogens is 2. The second-order valence-corrected chi connectivity index (χ2v) is 12.3. The highest BCUT2D eigenvalue weighted by Gasteiger charge is 2.34. The smallest absolute Gasteiger partial charge is 0.410 e. The molecule has 0 atom stereocenters. The third kappa shape index (κ3) is 7.59. The fourth-order valence-corrected chi connectivity index (χ4v) is 5.14. The number of amides is 2. The molecular weight excluding hydrogens is 624 g/mol. The maximum Gasteiger partial charge on any atom is 0.410 e. The molecule has 2 amide bonds. The summed E-state index contributed by atoms with van der Waals surface area (Å²) in [4.78, 5) is 32.1. The number of H-pyrrole nitrogens is 2. The Kier molecular flexibility index (Phi) is 9.99. The van der Waals surface area contributed by atoms with Gasteiger partial charge in [-0.1, -0.05) is 22.5 Å². The molecule has 11 nitrogen and oxygen atoms in total. The van der Waals surface area contributed by atoms with E-state index in [1.54, 1.807) is 21.9 Å². The van der Waals surface area contributed by atoms with Gasteiger partial charge in [-0.25, -0.2) is 4.79 Å². The van der Waals surface area contributed by atoms with E-state index in [9.17, 15) is 9.59 Å². The van der Waals surface area contributed by atoms with Gasteiger partial charge in [0.05, 0.1) is 28.2 Å². The van der Waals surface area contributed by atoms with E-state index >= 15 is 0 Å². The average Bonchev–Trinajstić information content (AvgIpc) is 3.64. The molecule has 2 aliphatic rings. The van der Waals surface area contributed by atoms with Gasteiger partial charge in [-0.05, 0) is 63.2 Å². The van der Waals surface area contributed by atoms with Gasteiger partial charge in [0.25, 0.3) is 0 Å². The quantitative estimate of drug-likeness (QED) is 0.219. The Balaban J connectivity index is 0.000000174. The van der Waals surface area contributed by atoms with Crippen molar-refractivity contribution < 1.29 is 14.3 Å². The van der Waals surface area contributed by atoms with Crippen molar-refractivity contribution in [2.45, 2.75) is 38.5 Å². The number of likely N-dealkylation sites (tertiary alicyclic amines) is 2. The number of nitrogens with two attached hydrogens (primary N) is 1. The summed E-state index contributed by atoms with van der Waals surface area (Å²) < 4.78 is 6.36. The van der Waals surface area contributed by atoms with E-state index in [0.29, 0.717) is 37.3 Å². The lowest BCUT2D eigenvalue weighted by Crippen LogP contribution is -2.57. The zero-order valence-electron chi connectivity index (χ0n) is 24.9. The second kappa shape index (κ2) is 13.7. The summed E-state index contributed by atoms with van der Waals surface area (Å²) in [6.45, 7) is 11.5. The lowest BCUT2D eigenvalue weighted by Gasteiger charge is -2.40. The normalized spacial score (nSPS) is 14.5. The molecule has 228 valence electrons. The van der Waals surface area contributed by atoms with E-state index in [0.717, 1.165) is 32.0 Å². The van der Waals surface area contributed by atoms with Gasteiger partial charge in [0.2, 0.25) is 5.91 Å². The van der Waals surface area contributed by atoms with Crippen molar-refractivity contribution in [3.63, 3.8) is 0 Å². The number of ether oxygens (including phenoxy) is 1. The summed E-state index contributed by atoms with van der Waals surface area (Å²) in [6, 6.07) is 16.0. The minimum atomic E-state index is -0.472. The van der Waals surface area contributed by atoms with E-state index in [1.165, 1.54) is 6.08 Å². The summed E-state index contributed by atoms with van der Waals surface area (Å²) in [7, 11) is 0. The first kappa shape index (κ1) is 32.1. The largest absolute Gasteiger partial charge is 0.444 e. The molecule has 0 radical (unpaired) electrons. The van der Waals surface area contributed by atoms with Crippen molar-refractivity contribution in [2.24, 2.45) is 5.73 Å². The minimum absolute atomic E-state index is 0.0169. The summed E-state index contributed by atoms with van der Waals surface area (Å²) >= 11 is 3.41. The minimum Gasteiger partial charge on any atom is -0.444 e. The molecule has 0 unspecified atom stereocenters. The van der Waals surface area contributed by atoms with Crippen molar-refractivity contribution >= 4 is 55.4 Å². The lowest BCUT2D eigenvalue weighted by molar-refractivity contribution is -0.130. The van der Waals surface area contributed by atoms with Crippen LogP contribution in [0, 0.1) is 22.7 Å². The molecule has 4 heterocycles. The summed E-state index contributed by atoms with van der Waals surface area (Å²) in [6.07, 6.45) is 4.69. The molecule has 6 rings (SSSR count). The van der Waals surface area contributed by atoms with Gasteiger partial charge in [0, 0.05) is 65.5 Å². The number of hydrogen-bond acceptors (Lipinski definition) is 7. The molecular formula is C32H35BrN8O3. The van der Waals surface area contributed by atoms with Crippen molar-refractivity contribution in [3.8, 4) is 12.1 Å². The number of nitrogens with one attached hydrogen (secondary N) is 3. The Labute approximate surface area is 264 Å². The van der Waals surface area contributed by atoms with Crippen LogP contribution in [0.3, 0.4) is 0 Å². The molecule has 2 saturated heterocycles. The lowest BCUT2D eigenvalue weighted by atomic mass is 10.1. The van der Waals surface area contributed by atoms with Gasteiger partial charge in [-0.15, -0.1) is 0 Å². The Hall–Kier alpha value is -4.78. The third-order valence-electron chi connectivity index (χ3n) is 6.92. The van der Waals surface area contributed by atoms with Crippen LogP contribution in [0.4, 0.5) is 10.5 Å².